The van der Waals surface area contributed by atoms with E-state index in [0.29, 0.717) is 0 Å². The number of hydrogen-bond acceptors (Lipinski definition) is 5. The fourth-order valence-electron chi connectivity index (χ4n) is 1.49. The summed E-state index contributed by atoms with van der Waals surface area (Å²) in [5.41, 5.74) is -0.556. The fraction of sp³-hybridized carbons (Fsp3) is 0. The summed E-state index contributed by atoms with van der Waals surface area (Å²) >= 11 is 5.80. The van der Waals surface area contributed by atoms with E-state index in [4.69, 9.17) is 15.8 Å². The largest absolute Gasteiger partial charge is 0.377 e. The van der Waals surface area contributed by atoms with E-state index >= 15 is 0 Å². The number of nitrogens with zero attached hydrogens (tertiary/aromatic N) is 1. The first kappa shape index (κ1) is 14.3. The number of nitro groups is 1. The van der Waals surface area contributed by atoms with E-state index in [1.54, 1.807) is 6.07 Å². The van der Waals surface area contributed by atoms with Crippen molar-refractivity contribution in [1.29, 1.82) is 0 Å². The van der Waals surface area contributed by atoms with Crippen LogP contribution in [0.5, 0.6) is 5.75 Å². The van der Waals surface area contributed by atoms with Gasteiger partial charge in [-0.05, 0) is 18.2 Å². The van der Waals surface area contributed by atoms with Gasteiger partial charge in [0.05, 0.1) is 9.95 Å². The molecule has 0 aliphatic heterocycles. The Bertz CT molecular complexity index is 760. The predicted octanol–water partition coefficient (Wildman–Crippen LogP) is 3.02. The Labute approximate surface area is 119 Å². The molecule has 20 heavy (non-hydrogen) atoms. The minimum atomic E-state index is -4.34. The Morgan fingerprint density at radius 2 is 1.65 bits per heavy atom. The van der Waals surface area contributed by atoms with Crippen molar-refractivity contribution in [3.05, 3.63) is 63.7 Å². The van der Waals surface area contributed by atoms with Gasteiger partial charge >= 0.3 is 10.1 Å². The van der Waals surface area contributed by atoms with Crippen LogP contribution in [0.1, 0.15) is 0 Å². The van der Waals surface area contributed by atoms with Crippen molar-refractivity contribution >= 4 is 27.4 Å². The van der Waals surface area contributed by atoms with Gasteiger partial charge in [0, 0.05) is 6.07 Å². The molecule has 0 radical (unpaired) electrons. The normalized spacial score (nSPS) is 11.1. The second-order valence-corrected chi connectivity index (χ2v) is 5.61. The lowest BCUT2D eigenvalue weighted by Crippen LogP contribution is -2.12. The van der Waals surface area contributed by atoms with Gasteiger partial charge < -0.3 is 4.18 Å². The minimum Gasteiger partial charge on any atom is -0.377 e. The fourth-order valence-corrected chi connectivity index (χ4v) is 2.83. The van der Waals surface area contributed by atoms with Crippen LogP contribution in [0.25, 0.3) is 0 Å². The molecule has 0 heterocycles. The topological polar surface area (TPSA) is 86.5 Å². The Morgan fingerprint density at radius 1 is 1.05 bits per heavy atom. The van der Waals surface area contributed by atoms with Crippen molar-refractivity contribution in [3.8, 4) is 5.75 Å². The van der Waals surface area contributed by atoms with Gasteiger partial charge in [-0.15, -0.1) is 0 Å². The summed E-state index contributed by atoms with van der Waals surface area (Å²) < 4.78 is 29.0. The molecule has 0 spiro atoms. The number of benzene rings is 2. The quantitative estimate of drug-likeness (QED) is 0.492. The summed E-state index contributed by atoms with van der Waals surface area (Å²) in [6.07, 6.45) is 0. The number of nitro benzene ring substituents is 1. The van der Waals surface area contributed by atoms with Crippen LogP contribution in [0, 0.1) is 10.1 Å². The van der Waals surface area contributed by atoms with E-state index in [1.165, 1.54) is 30.3 Å². The molecule has 104 valence electrons. The van der Waals surface area contributed by atoms with E-state index in [-0.39, 0.29) is 10.8 Å². The van der Waals surface area contributed by atoms with Gasteiger partial charge in [0.15, 0.2) is 10.6 Å². The minimum absolute atomic E-state index is 0.0904. The zero-order valence-electron chi connectivity index (χ0n) is 9.89. The van der Waals surface area contributed by atoms with E-state index in [0.717, 1.165) is 12.1 Å². The molecular formula is C12H8ClNO5S. The Balaban J connectivity index is 2.47. The van der Waals surface area contributed by atoms with Gasteiger partial charge in [-0.25, -0.2) is 0 Å². The summed E-state index contributed by atoms with van der Waals surface area (Å²) in [4.78, 5) is 9.54. The van der Waals surface area contributed by atoms with Crippen molar-refractivity contribution in [2.45, 2.75) is 4.90 Å². The highest BCUT2D eigenvalue weighted by atomic mass is 35.5. The molecule has 0 unspecified atom stereocenters. The van der Waals surface area contributed by atoms with Gasteiger partial charge in [0.25, 0.3) is 5.69 Å². The van der Waals surface area contributed by atoms with Crippen molar-refractivity contribution in [2.75, 3.05) is 0 Å². The van der Waals surface area contributed by atoms with Crippen LogP contribution in [0.3, 0.4) is 0 Å². The molecule has 6 nitrogen and oxygen atoms in total. The van der Waals surface area contributed by atoms with E-state index < -0.39 is 25.6 Å². The van der Waals surface area contributed by atoms with Crippen LogP contribution in [-0.2, 0) is 10.1 Å². The highest BCUT2D eigenvalue weighted by Crippen LogP contribution is 2.30. The predicted molar refractivity (Wildman–Crippen MR) is 72.4 cm³/mol. The molecule has 2 rings (SSSR count). The monoisotopic (exact) mass is 313 g/mol. The second kappa shape index (κ2) is 5.48. The van der Waals surface area contributed by atoms with Crippen LogP contribution >= 0.6 is 11.6 Å². The molecule has 0 saturated heterocycles. The molecule has 0 amide bonds. The average Bonchev–Trinajstić information content (AvgIpc) is 2.41. The first-order valence-electron chi connectivity index (χ1n) is 5.34. The molecule has 0 aliphatic carbocycles. The van der Waals surface area contributed by atoms with Crippen molar-refractivity contribution in [3.63, 3.8) is 0 Å². The summed E-state index contributed by atoms with van der Waals surface area (Å²) in [6.45, 7) is 0. The number of para-hydroxylation sites is 2. The van der Waals surface area contributed by atoms with E-state index in [9.17, 15) is 18.5 Å². The van der Waals surface area contributed by atoms with Gasteiger partial charge in [0.2, 0.25) is 0 Å². The highest BCUT2D eigenvalue weighted by molar-refractivity contribution is 7.87. The summed E-state index contributed by atoms with van der Waals surface area (Å²) in [5, 5.41) is 10.9. The molecule has 0 atom stereocenters. The molecule has 8 heteroatoms. The van der Waals surface area contributed by atoms with Crippen LogP contribution in [-0.4, -0.2) is 13.3 Å². The van der Waals surface area contributed by atoms with Gasteiger partial charge in [-0.1, -0.05) is 35.9 Å². The molecule has 2 aromatic rings. The van der Waals surface area contributed by atoms with Crippen LogP contribution in [0.4, 0.5) is 5.69 Å². The van der Waals surface area contributed by atoms with Crippen LogP contribution < -0.4 is 4.18 Å². The molecule has 0 saturated carbocycles. The van der Waals surface area contributed by atoms with Crippen molar-refractivity contribution in [1.82, 2.24) is 0 Å². The average molecular weight is 314 g/mol. The first-order valence-corrected chi connectivity index (χ1v) is 7.13. The molecule has 0 fully saturated rings. The van der Waals surface area contributed by atoms with Crippen molar-refractivity contribution < 1.29 is 17.5 Å². The zero-order valence-corrected chi connectivity index (χ0v) is 11.5. The first-order chi connectivity index (χ1) is 9.42. The maximum atomic E-state index is 12.1. The molecule has 0 aliphatic rings. The maximum absolute atomic E-state index is 12.1. The highest BCUT2D eigenvalue weighted by Gasteiger charge is 2.27. The SMILES string of the molecule is O=[N+]([O-])c1ccccc1S(=O)(=O)Oc1ccccc1Cl. The standard InChI is InChI=1S/C12H8ClNO5S/c13-9-5-1-3-7-11(9)19-20(17,18)12-8-4-2-6-10(12)14(15)16/h1-8H. The van der Waals surface area contributed by atoms with Crippen molar-refractivity contribution in [2.24, 2.45) is 0 Å². The second-order valence-electron chi connectivity index (χ2n) is 3.69. The molecule has 2 aromatic carbocycles. The third-order valence-corrected chi connectivity index (χ3v) is 3.96. The summed E-state index contributed by atoms with van der Waals surface area (Å²) in [7, 11) is -4.34. The van der Waals surface area contributed by atoms with Gasteiger partial charge in [0.1, 0.15) is 0 Å². The van der Waals surface area contributed by atoms with E-state index in [1.807, 2.05) is 0 Å². The van der Waals surface area contributed by atoms with Gasteiger partial charge in [-0.2, -0.15) is 8.42 Å². The number of rotatable bonds is 4. The number of hydrogen-bond donors (Lipinski definition) is 0. The Morgan fingerprint density at radius 3 is 2.30 bits per heavy atom. The smallest absolute Gasteiger partial charge is 0.346 e. The molecular weight excluding hydrogens is 306 g/mol. The third kappa shape index (κ3) is 2.89. The van der Waals surface area contributed by atoms with Crippen LogP contribution in [0.15, 0.2) is 53.4 Å². The summed E-state index contributed by atoms with van der Waals surface area (Å²) in [6, 6.07) is 10.9. The third-order valence-electron chi connectivity index (χ3n) is 2.37. The van der Waals surface area contributed by atoms with Gasteiger partial charge in [-0.3, -0.25) is 10.1 Å². The molecule has 0 N–H and O–H groups in total. The molecule has 0 aromatic heterocycles. The molecule has 0 bridgehead atoms. The lowest BCUT2D eigenvalue weighted by Gasteiger charge is -2.08. The lowest BCUT2D eigenvalue weighted by atomic mass is 10.3. The Hall–Kier alpha value is -2.12. The summed E-state index contributed by atoms with van der Waals surface area (Å²) in [5.74, 6) is -0.0904. The van der Waals surface area contributed by atoms with Crippen LogP contribution in [0.2, 0.25) is 5.02 Å². The maximum Gasteiger partial charge on any atom is 0.346 e. The Kier molecular flexibility index (Phi) is 3.91. The number of halogens is 1. The van der Waals surface area contributed by atoms with E-state index in [2.05, 4.69) is 0 Å². The zero-order chi connectivity index (χ0) is 14.8. The lowest BCUT2D eigenvalue weighted by molar-refractivity contribution is -0.387.